The fourth-order valence-corrected chi connectivity index (χ4v) is 2.36. The summed E-state index contributed by atoms with van der Waals surface area (Å²) in [5.41, 5.74) is 2.30. The number of hydrogen-bond acceptors (Lipinski definition) is 4. The van der Waals surface area contributed by atoms with Crippen molar-refractivity contribution in [3.8, 4) is 17.2 Å². The highest BCUT2D eigenvalue weighted by Gasteiger charge is 2.13. The Balaban J connectivity index is 1.77. The lowest BCUT2D eigenvalue weighted by atomic mass is 10.2. The number of aromatic hydroxyl groups is 1. The molecular weight excluding hydrogens is 316 g/mol. The molecular formula is C21H18O4. The SMILES string of the molecule is O=Cc1cc(OCc2ccccc2)c(O)c(OCc2ccccc2)c1. The molecule has 0 saturated heterocycles. The molecule has 0 aliphatic heterocycles. The number of benzene rings is 3. The van der Waals surface area contributed by atoms with Crippen LogP contribution in [-0.2, 0) is 13.2 Å². The van der Waals surface area contributed by atoms with Gasteiger partial charge < -0.3 is 14.6 Å². The van der Waals surface area contributed by atoms with Crippen LogP contribution in [0.3, 0.4) is 0 Å². The summed E-state index contributed by atoms with van der Waals surface area (Å²) in [5.74, 6) is 0.325. The molecule has 1 N–H and O–H groups in total. The zero-order valence-electron chi connectivity index (χ0n) is 13.6. The number of ether oxygens (including phenoxy) is 2. The molecule has 0 fully saturated rings. The Hall–Kier alpha value is -3.27. The summed E-state index contributed by atoms with van der Waals surface area (Å²) in [6, 6.07) is 22.2. The van der Waals surface area contributed by atoms with E-state index in [0.29, 0.717) is 11.8 Å². The van der Waals surface area contributed by atoms with Crippen LogP contribution < -0.4 is 9.47 Å². The molecule has 0 aliphatic rings. The second kappa shape index (κ2) is 8.02. The summed E-state index contributed by atoms with van der Waals surface area (Å²) in [4.78, 5) is 11.2. The van der Waals surface area contributed by atoms with Gasteiger partial charge in [-0.25, -0.2) is 0 Å². The summed E-state index contributed by atoms with van der Waals surface area (Å²) in [7, 11) is 0. The van der Waals surface area contributed by atoms with Crippen LogP contribution in [0.15, 0.2) is 72.8 Å². The van der Waals surface area contributed by atoms with E-state index >= 15 is 0 Å². The maximum absolute atomic E-state index is 11.2. The maximum atomic E-state index is 11.2. The van der Waals surface area contributed by atoms with Crippen molar-refractivity contribution in [2.24, 2.45) is 0 Å². The maximum Gasteiger partial charge on any atom is 0.200 e. The molecule has 0 spiro atoms. The van der Waals surface area contributed by atoms with Crippen molar-refractivity contribution in [3.05, 3.63) is 89.5 Å². The summed E-state index contributed by atoms with van der Waals surface area (Å²) >= 11 is 0. The van der Waals surface area contributed by atoms with Crippen molar-refractivity contribution in [2.45, 2.75) is 13.2 Å². The van der Waals surface area contributed by atoms with E-state index in [4.69, 9.17) is 9.47 Å². The molecule has 0 aromatic heterocycles. The highest BCUT2D eigenvalue weighted by molar-refractivity contribution is 5.78. The number of aldehydes is 1. The van der Waals surface area contributed by atoms with Gasteiger partial charge in [0.05, 0.1) is 0 Å². The van der Waals surface area contributed by atoms with Crippen molar-refractivity contribution >= 4 is 6.29 Å². The highest BCUT2D eigenvalue weighted by atomic mass is 16.5. The molecule has 0 unspecified atom stereocenters. The summed E-state index contributed by atoms with van der Waals surface area (Å²) in [6.07, 6.45) is 0.699. The first-order valence-electron chi connectivity index (χ1n) is 7.92. The minimum Gasteiger partial charge on any atom is -0.502 e. The van der Waals surface area contributed by atoms with E-state index in [1.807, 2.05) is 60.7 Å². The van der Waals surface area contributed by atoms with E-state index in [1.165, 1.54) is 12.1 Å². The molecule has 0 aliphatic carbocycles. The quantitative estimate of drug-likeness (QED) is 0.652. The van der Waals surface area contributed by atoms with Gasteiger partial charge in [0.15, 0.2) is 11.5 Å². The molecule has 3 aromatic rings. The highest BCUT2D eigenvalue weighted by Crippen LogP contribution is 2.38. The zero-order valence-corrected chi connectivity index (χ0v) is 13.6. The molecule has 0 radical (unpaired) electrons. The van der Waals surface area contributed by atoms with Crippen LogP contribution in [0.1, 0.15) is 21.5 Å². The Morgan fingerprint density at radius 3 is 1.60 bits per heavy atom. The molecule has 25 heavy (non-hydrogen) atoms. The number of rotatable bonds is 7. The normalized spacial score (nSPS) is 10.2. The topological polar surface area (TPSA) is 55.8 Å². The molecule has 3 aromatic carbocycles. The lowest BCUT2D eigenvalue weighted by molar-refractivity contribution is 0.112. The smallest absolute Gasteiger partial charge is 0.200 e. The van der Waals surface area contributed by atoms with Gasteiger partial charge in [0.25, 0.3) is 0 Å². The predicted octanol–water partition coefficient (Wildman–Crippen LogP) is 4.36. The lowest BCUT2D eigenvalue weighted by Gasteiger charge is -2.13. The van der Waals surface area contributed by atoms with E-state index in [9.17, 15) is 9.90 Å². The van der Waals surface area contributed by atoms with Crippen molar-refractivity contribution < 1.29 is 19.4 Å². The van der Waals surface area contributed by atoms with Gasteiger partial charge in [0.1, 0.15) is 19.5 Å². The van der Waals surface area contributed by atoms with Gasteiger partial charge in [0.2, 0.25) is 5.75 Å². The number of hydrogen-bond donors (Lipinski definition) is 1. The van der Waals surface area contributed by atoms with Gasteiger partial charge in [-0.2, -0.15) is 0 Å². The molecule has 4 nitrogen and oxygen atoms in total. The largest absolute Gasteiger partial charge is 0.502 e. The molecule has 4 heteroatoms. The fourth-order valence-electron chi connectivity index (χ4n) is 2.36. The number of phenolic OH excluding ortho intramolecular Hbond substituents is 1. The third-order valence-electron chi connectivity index (χ3n) is 3.67. The Kier molecular flexibility index (Phi) is 5.32. The third kappa shape index (κ3) is 4.38. The summed E-state index contributed by atoms with van der Waals surface area (Å²) in [6.45, 7) is 0.573. The molecule has 0 bridgehead atoms. The second-order valence-corrected chi connectivity index (χ2v) is 5.53. The van der Waals surface area contributed by atoms with Crippen molar-refractivity contribution in [2.75, 3.05) is 0 Å². The third-order valence-corrected chi connectivity index (χ3v) is 3.67. The predicted molar refractivity (Wildman–Crippen MR) is 95.0 cm³/mol. The van der Waals surface area contributed by atoms with Gasteiger partial charge in [-0.3, -0.25) is 4.79 Å². The summed E-state index contributed by atoms with van der Waals surface area (Å²) in [5, 5.41) is 10.4. The van der Waals surface area contributed by atoms with Crippen LogP contribution in [0.4, 0.5) is 0 Å². The first kappa shape index (κ1) is 16.6. The summed E-state index contributed by atoms with van der Waals surface area (Å²) < 4.78 is 11.3. The monoisotopic (exact) mass is 334 g/mol. The van der Waals surface area contributed by atoms with Gasteiger partial charge in [-0.05, 0) is 23.3 Å². The van der Waals surface area contributed by atoms with Crippen LogP contribution in [0.5, 0.6) is 17.2 Å². The average molecular weight is 334 g/mol. The van der Waals surface area contributed by atoms with Gasteiger partial charge in [0, 0.05) is 5.56 Å². The van der Waals surface area contributed by atoms with Crippen LogP contribution in [-0.4, -0.2) is 11.4 Å². The minimum absolute atomic E-state index is 0.113. The number of carbonyl (C=O) groups excluding carboxylic acids is 1. The van der Waals surface area contributed by atoms with Crippen LogP contribution in [0.2, 0.25) is 0 Å². The molecule has 0 atom stereocenters. The van der Waals surface area contributed by atoms with E-state index in [2.05, 4.69) is 0 Å². The van der Waals surface area contributed by atoms with E-state index in [0.717, 1.165) is 11.1 Å². The van der Waals surface area contributed by atoms with Crippen molar-refractivity contribution in [1.29, 1.82) is 0 Å². The Labute approximate surface area is 146 Å². The van der Waals surface area contributed by atoms with Gasteiger partial charge >= 0.3 is 0 Å². The van der Waals surface area contributed by atoms with E-state index < -0.39 is 0 Å². The van der Waals surface area contributed by atoms with E-state index in [1.54, 1.807) is 0 Å². The molecule has 0 heterocycles. The van der Waals surface area contributed by atoms with Crippen LogP contribution >= 0.6 is 0 Å². The van der Waals surface area contributed by atoms with Gasteiger partial charge in [-0.15, -0.1) is 0 Å². The van der Waals surface area contributed by atoms with Crippen LogP contribution in [0, 0.1) is 0 Å². The molecule has 3 rings (SSSR count). The molecule has 0 saturated carbocycles. The molecule has 0 amide bonds. The van der Waals surface area contributed by atoms with Gasteiger partial charge in [-0.1, -0.05) is 60.7 Å². The van der Waals surface area contributed by atoms with E-state index in [-0.39, 0.29) is 30.5 Å². The first-order chi connectivity index (χ1) is 12.3. The Morgan fingerprint density at radius 1 is 0.760 bits per heavy atom. The standard InChI is InChI=1S/C21H18O4/c22-13-18-11-19(24-14-16-7-3-1-4-8-16)21(23)20(12-18)25-15-17-9-5-2-6-10-17/h1-13,23H,14-15H2. The number of phenols is 1. The Morgan fingerprint density at radius 2 is 1.20 bits per heavy atom. The second-order valence-electron chi connectivity index (χ2n) is 5.53. The van der Waals surface area contributed by atoms with Crippen molar-refractivity contribution in [1.82, 2.24) is 0 Å². The first-order valence-corrected chi connectivity index (χ1v) is 7.92. The van der Waals surface area contributed by atoms with Crippen LogP contribution in [0.25, 0.3) is 0 Å². The minimum atomic E-state index is -0.113. The zero-order chi connectivity index (χ0) is 17.5. The van der Waals surface area contributed by atoms with Crippen molar-refractivity contribution in [3.63, 3.8) is 0 Å². The fraction of sp³-hybridized carbons (Fsp3) is 0.0952. The average Bonchev–Trinajstić information content (AvgIpc) is 2.68. The Bertz CT molecular complexity index is 765. The molecule has 126 valence electrons. The lowest BCUT2D eigenvalue weighted by Crippen LogP contribution is -2.00. The number of carbonyl (C=O) groups is 1.